The second kappa shape index (κ2) is 8.29. The summed E-state index contributed by atoms with van der Waals surface area (Å²) in [7, 11) is 3.71. The zero-order chi connectivity index (χ0) is 15.8. The highest BCUT2D eigenvalue weighted by Crippen LogP contribution is 2.26. The van der Waals surface area contributed by atoms with Crippen molar-refractivity contribution in [3.8, 4) is 0 Å². The van der Waals surface area contributed by atoms with Gasteiger partial charge in [0.2, 0.25) is 5.91 Å². The first-order chi connectivity index (χ1) is 9.95. The Balaban J connectivity index is 2.77. The topological polar surface area (TPSA) is 69.6 Å². The Morgan fingerprint density at radius 2 is 1.90 bits per heavy atom. The van der Waals surface area contributed by atoms with Gasteiger partial charge in [-0.1, -0.05) is 26.2 Å². The average Bonchev–Trinajstić information content (AvgIpc) is 2.43. The molecule has 0 unspecified atom stereocenters. The zero-order valence-corrected chi connectivity index (χ0v) is 13.0. The van der Waals surface area contributed by atoms with E-state index in [1.807, 2.05) is 19.0 Å². The van der Waals surface area contributed by atoms with Gasteiger partial charge in [-0.3, -0.25) is 4.79 Å². The zero-order valence-electron chi connectivity index (χ0n) is 13.0. The van der Waals surface area contributed by atoms with Crippen LogP contribution in [0.4, 0.5) is 11.4 Å². The van der Waals surface area contributed by atoms with E-state index in [2.05, 4.69) is 12.2 Å². The number of anilines is 2. The van der Waals surface area contributed by atoms with Crippen molar-refractivity contribution in [2.75, 3.05) is 24.3 Å². The van der Waals surface area contributed by atoms with E-state index in [1.165, 1.54) is 12.1 Å². The molecule has 0 saturated heterocycles. The molecule has 0 atom stereocenters. The van der Waals surface area contributed by atoms with Gasteiger partial charge in [-0.25, -0.2) is 4.79 Å². The fourth-order valence-corrected chi connectivity index (χ4v) is 2.08. The number of hydrogen-bond acceptors (Lipinski definition) is 3. The first kappa shape index (κ1) is 17.0. The summed E-state index contributed by atoms with van der Waals surface area (Å²) in [5.74, 6) is -1.07. The number of aromatic carboxylic acids is 1. The number of amides is 1. The van der Waals surface area contributed by atoms with Gasteiger partial charge in [0.05, 0.1) is 16.9 Å². The van der Waals surface area contributed by atoms with Crippen LogP contribution in [0.5, 0.6) is 0 Å². The smallest absolute Gasteiger partial charge is 0.335 e. The van der Waals surface area contributed by atoms with Crippen molar-refractivity contribution in [1.82, 2.24) is 0 Å². The van der Waals surface area contributed by atoms with Crippen LogP contribution in [-0.4, -0.2) is 31.1 Å². The molecule has 2 N–H and O–H groups in total. The van der Waals surface area contributed by atoms with Crippen LogP contribution in [0.2, 0.25) is 0 Å². The molecule has 0 heterocycles. The molecule has 0 aliphatic heterocycles. The number of carboxylic acid groups (broad SMARTS) is 1. The van der Waals surface area contributed by atoms with Crippen LogP contribution in [0.3, 0.4) is 0 Å². The van der Waals surface area contributed by atoms with Gasteiger partial charge in [-0.2, -0.15) is 0 Å². The fourth-order valence-electron chi connectivity index (χ4n) is 2.08. The fraction of sp³-hybridized carbons (Fsp3) is 0.500. The predicted octanol–water partition coefficient (Wildman–Crippen LogP) is 3.36. The van der Waals surface area contributed by atoms with Gasteiger partial charge in [-0.15, -0.1) is 0 Å². The highest BCUT2D eigenvalue weighted by atomic mass is 16.4. The van der Waals surface area contributed by atoms with Crippen molar-refractivity contribution in [3.05, 3.63) is 23.8 Å². The lowest BCUT2D eigenvalue weighted by atomic mass is 10.1. The van der Waals surface area contributed by atoms with Crippen molar-refractivity contribution >= 4 is 23.3 Å². The molecule has 21 heavy (non-hydrogen) atoms. The molecule has 5 heteroatoms. The second-order valence-corrected chi connectivity index (χ2v) is 5.29. The van der Waals surface area contributed by atoms with E-state index in [4.69, 9.17) is 5.11 Å². The lowest BCUT2D eigenvalue weighted by molar-refractivity contribution is -0.116. The summed E-state index contributed by atoms with van der Waals surface area (Å²) in [5, 5.41) is 11.9. The third-order valence-electron chi connectivity index (χ3n) is 3.26. The minimum absolute atomic E-state index is 0.0725. The van der Waals surface area contributed by atoms with Gasteiger partial charge in [0.1, 0.15) is 0 Å². The number of carbonyl (C=O) groups is 2. The molecule has 0 radical (unpaired) electrons. The first-order valence-electron chi connectivity index (χ1n) is 7.30. The molecule has 116 valence electrons. The van der Waals surface area contributed by atoms with Crippen LogP contribution >= 0.6 is 0 Å². The highest BCUT2D eigenvalue weighted by molar-refractivity contribution is 5.97. The average molecular weight is 292 g/mol. The molecule has 1 amide bonds. The van der Waals surface area contributed by atoms with E-state index in [0.29, 0.717) is 12.1 Å². The number of nitrogens with one attached hydrogen (secondary N) is 1. The van der Waals surface area contributed by atoms with Crippen molar-refractivity contribution in [2.24, 2.45) is 0 Å². The largest absolute Gasteiger partial charge is 0.478 e. The highest BCUT2D eigenvalue weighted by Gasteiger charge is 2.12. The third kappa shape index (κ3) is 5.45. The lowest BCUT2D eigenvalue weighted by Gasteiger charge is -2.18. The van der Waals surface area contributed by atoms with Crippen molar-refractivity contribution in [1.29, 1.82) is 0 Å². The molecule has 0 aliphatic rings. The lowest BCUT2D eigenvalue weighted by Crippen LogP contribution is -2.17. The van der Waals surface area contributed by atoms with Crippen LogP contribution in [-0.2, 0) is 4.79 Å². The van der Waals surface area contributed by atoms with E-state index in [-0.39, 0.29) is 11.5 Å². The Labute approximate surface area is 126 Å². The van der Waals surface area contributed by atoms with Crippen molar-refractivity contribution < 1.29 is 14.7 Å². The number of carboxylic acids is 1. The molecule has 1 aromatic rings. The summed E-state index contributed by atoms with van der Waals surface area (Å²) in [6.07, 6.45) is 4.62. The maximum Gasteiger partial charge on any atom is 0.335 e. The van der Waals surface area contributed by atoms with Gasteiger partial charge in [0.25, 0.3) is 0 Å². The predicted molar refractivity (Wildman–Crippen MR) is 85.1 cm³/mol. The van der Waals surface area contributed by atoms with Crippen LogP contribution in [0.1, 0.15) is 49.4 Å². The Hall–Kier alpha value is -2.04. The van der Waals surface area contributed by atoms with E-state index >= 15 is 0 Å². The maximum atomic E-state index is 12.0. The van der Waals surface area contributed by atoms with Crippen LogP contribution in [0.25, 0.3) is 0 Å². The monoisotopic (exact) mass is 292 g/mol. The Kier molecular flexibility index (Phi) is 6.72. The Morgan fingerprint density at radius 3 is 2.48 bits per heavy atom. The number of rotatable bonds is 8. The minimum atomic E-state index is -1.00. The summed E-state index contributed by atoms with van der Waals surface area (Å²) >= 11 is 0. The van der Waals surface area contributed by atoms with E-state index in [9.17, 15) is 9.59 Å². The van der Waals surface area contributed by atoms with Gasteiger partial charge in [0, 0.05) is 20.5 Å². The number of carbonyl (C=O) groups excluding carboxylic acids is 1. The minimum Gasteiger partial charge on any atom is -0.478 e. The third-order valence-corrected chi connectivity index (χ3v) is 3.26. The quantitative estimate of drug-likeness (QED) is 0.721. The number of hydrogen-bond donors (Lipinski definition) is 2. The molecular formula is C16H24N2O3. The molecule has 1 rings (SSSR count). The molecule has 1 aromatic carbocycles. The molecule has 0 spiro atoms. The standard InChI is InChI=1S/C16H24N2O3/c1-4-5-6-7-8-15(19)17-13-11-12(16(20)21)9-10-14(13)18(2)3/h9-11H,4-8H2,1-3H3,(H,17,19)(H,20,21). The molecule has 0 saturated carbocycles. The normalized spacial score (nSPS) is 10.2. The second-order valence-electron chi connectivity index (χ2n) is 5.29. The molecule has 0 aliphatic carbocycles. The van der Waals surface area contributed by atoms with Crippen LogP contribution in [0, 0.1) is 0 Å². The van der Waals surface area contributed by atoms with Crippen LogP contribution < -0.4 is 10.2 Å². The first-order valence-corrected chi connectivity index (χ1v) is 7.30. The van der Waals surface area contributed by atoms with Crippen molar-refractivity contribution in [2.45, 2.75) is 39.0 Å². The number of unbranched alkanes of at least 4 members (excludes halogenated alkanes) is 3. The summed E-state index contributed by atoms with van der Waals surface area (Å²) in [5.41, 5.74) is 1.50. The Bertz CT molecular complexity index is 498. The molecule has 5 nitrogen and oxygen atoms in total. The molecule has 0 fully saturated rings. The van der Waals surface area contributed by atoms with Crippen molar-refractivity contribution in [3.63, 3.8) is 0 Å². The van der Waals surface area contributed by atoms with Gasteiger partial charge < -0.3 is 15.3 Å². The van der Waals surface area contributed by atoms with E-state index < -0.39 is 5.97 Å². The summed E-state index contributed by atoms with van der Waals surface area (Å²) in [6, 6.07) is 4.74. The van der Waals surface area contributed by atoms with E-state index in [1.54, 1.807) is 6.07 Å². The summed E-state index contributed by atoms with van der Waals surface area (Å²) in [4.78, 5) is 24.8. The SMILES string of the molecule is CCCCCCC(=O)Nc1cc(C(=O)O)ccc1N(C)C. The van der Waals surface area contributed by atoms with Gasteiger partial charge >= 0.3 is 5.97 Å². The summed E-state index contributed by atoms with van der Waals surface area (Å²) in [6.45, 7) is 2.13. The maximum absolute atomic E-state index is 12.0. The molecule has 0 bridgehead atoms. The van der Waals surface area contributed by atoms with E-state index in [0.717, 1.165) is 31.4 Å². The molecule has 0 aromatic heterocycles. The molecular weight excluding hydrogens is 268 g/mol. The Morgan fingerprint density at radius 1 is 1.19 bits per heavy atom. The van der Waals surface area contributed by atoms with Gasteiger partial charge in [0.15, 0.2) is 0 Å². The van der Waals surface area contributed by atoms with Gasteiger partial charge in [-0.05, 0) is 24.6 Å². The summed E-state index contributed by atoms with van der Waals surface area (Å²) < 4.78 is 0. The number of benzene rings is 1. The van der Waals surface area contributed by atoms with Crippen LogP contribution in [0.15, 0.2) is 18.2 Å². The number of nitrogens with zero attached hydrogens (tertiary/aromatic N) is 1.